The number of imidazole rings is 1. The number of nitrogens with zero attached hydrogens (tertiary/aromatic N) is 3. The van der Waals surface area contributed by atoms with Crippen LogP contribution in [0.15, 0.2) is 42.5 Å². The highest BCUT2D eigenvalue weighted by Crippen LogP contribution is 2.37. The SMILES string of the molecule is Fc1ccc(C2C(OCCc3cc(C(F)(F)F)cc(C(F)(F)F)c3)OCCN2Cc2nc(Cl)[nH]c2CN2CCOCC2)cc1. The molecule has 2 saturated heterocycles. The lowest BCUT2D eigenvalue weighted by molar-refractivity contribution is -0.212. The quantitative estimate of drug-likeness (QED) is 0.277. The van der Waals surface area contributed by atoms with E-state index >= 15 is 0 Å². The average Bonchev–Trinajstić information content (AvgIpc) is 3.31. The minimum absolute atomic E-state index is 0.0890. The number of halogens is 8. The van der Waals surface area contributed by atoms with Crippen molar-refractivity contribution in [3.63, 3.8) is 0 Å². The van der Waals surface area contributed by atoms with Gasteiger partial charge in [-0.3, -0.25) is 9.80 Å². The molecule has 0 radical (unpaired) electrons. The van der Waals surface area contributed by atoms with Gasteiger partial charge in [0.2, 0.25) is 5.28 Å². The zero-order chi connectivity index (χ0) is 31.5. The highest BCUT2D eigenvalue weighted by molar-refractivity contribution is 6.28. The van der Waals surface area contributed by atoms with Gasteiger partial charge < -0.3 is 19.2 Å². The Morgan fingerprint density at radius 3 is 2.20 bits per heavy atom. The van der Waals surface area contributed by atoms with E-state index in [4.69, 9.17) is 25.8 Å². The van der Waals surface area contributed by atoms with Gasteiger partial charge in [0.15, 0.2) is 6.29 Å². The van der Waals surface area contributed by atoms with Crippen LogP contribution in [0.3, 0.4) is 0 Å². The lowest BCUT2D eigenvalue weighted by Gasteiger charge is -2.41. The number of hydrogen-bond acceptors (Lipinski definition) is 6. The van der Waals surface area contributed by atoms with Crippen molar-refractivity contribution < 1.29 is 44.9 Å². The van der Waals surface area contributed by atoms with Crippen molar-refractivity contribution >= 4 is 11.6 Å². The van der Waals surface area contributed by atoms with Crippen molar-refractivity contribution in [1.29, 1.82) is 0 Å². The molecule has 1 N–H and O–H groups in total. The first kappa shape index (κ1) is 32.6. The molecule has 5 rings (SSSR count). The molecule has 2 atom stereocenters. The Hall–Kier alpha value is -2.75. The molecule has 2 unspecified atom stereocenters. The van der Waals surface area contributed by atoms with E-state index in [1.54, 1.807) is 12.1 Å². The lowest BCUT2D eigenvalue weighted by Crippen LogP contribution is -2.46. The number of alkyl halides is 6. The van der Waals surface area contributed by atoms with Crippen LogP contribution in [-0.2, 0) is 46.1 Å². The Labute approximate surface area is 253 Å². The van der Waals surface area contributed by atoms with Gasteiger partial charge in [0.1, 0.15) is 5.82 Å². The third kappa shape index (κ3) is 8.29. The molecular formula is C29H30ClF7N4O3. The number of aromatic amines is 1. The molecular weight excluding hydrogens is 621 g/mol. The molecule has 2 aliphatic heterocycles. The molecule has 2 aromatic carbocycles. The molecule has 0 aliphatic carbocycles. The summed E-state index contributed by atoms with van der Waals surface area (Å²) in [7, 11) is 0. The average molecular weight is 651 g/mol. The minimum Gasteiger partial charge on any atom is -0.379 e. The number of benzene rings is 2. The summed E-state index contributed by atoms with van der Waals surface area (Å²) in [6, 6.07) is 6.59. The van der Waals surface area contributed by atoms with Gasteiger partial charge in [-0.25, -0.2) is 9.37 Å². The smallest absolute Gasteiger partial charge is 0.379 e. The first-order chi connectivity index (χ1) is 20.9. The van der Waals surface area contributed by atoms with Gasteiger partial charge in [0.05, 0.1) is 55.0 Å². The standard InChI is InChI=1S/C29H30ClF7N4O3/c30-27-38-23(16-40-6-10-42-11-7-40)24(39-27)17-41-8-12-44-26(25(41)19-1-3-22(31)4-2-19)43-9-5-18-13-20(28(32,33)34)15-21(14-18)29(35,36)37/h1-4,13-15,25-26H,5-12,16-17H2,(H,38,39). The van der Waals surface area contributed by atoms with E-state index in [-0.39, 0.29) is 36.5 Å². The van der Waals surface area contributed by atoms with Crippen molar-refractivity contribution in [2.75, 3.05) is 46.1 Å². The second-order valence-corrected chi connectivity index (χ2v) is 10.9. The highest BCUT2D eigenvalue weighted by Gasteiger charge is 2.38. The maximum atomic E-state index is 13.8. The fraction of sp³-hybridized carbons (Fsp3) is 0.483. The van der Waals surface area contributed by atoms with Gasteiger partial charge in [-0.05, 0) is 59.5 Å². The molecule has 0 bridgehead atoms. The van der Waals surface area contributed by atoms with Crippen LogP contribution in [0.25, 0.3) is 0 Å². The fourth-order valence-electron chi connectivity index (χ4n) is 5.34. The topological polar surface area (TPSA) is 62.9 Å². The van der Waals surface area contributed by atoms with Gasteiger partial charge >= 0.3 is 12.4 Å². The number of hydrogen-bond donors (Lipinski definition) is 1. The first-order valence-electron chi connectivity index (χ1n) is 13.9. The number of nitrogens with one attached hydrogen (secondary N) is 1. The third-order valence-electron chi connectivity index (χ3n) is 7.52. The molecule has 240 valence electrons. The summed E-state index contributed by atoms with van der Waals surface area (Å²) in [5.74, 6) is -0.452. The molecule has 0 amide bonds. The van der Waals surface area contributed by atoms with Crippen LogP contribution in [0.4, 0.5) is 30.7 Å². The van der Waals surface area contributed by atoms with Crippen LogP contribution in [0.2, 0.25) is 5.28 Å². The van der Waals surface area contributed by atoms with Crippen molar-refractivity contribution in [3.05, 3.63) is 87.2 Å². The molecule has 3 heterocycles. The zero-order valence-electron chi connectivity index (χ0n) is 23.4. The molecule has 15 heteroatoms. The lowest BCUT2D eigenvalue weighted by atomic mass is 10.0. The van der Waals surface area contributed by atoms with E-state index in [1.807, 2.05) is 4.90 Å². The molecule has 0 spiro atoms. The molecule has 3 aromatic rings. The highest BCUT2D eigenvalue weighted by atomic mass is 35.5. The van der Waals surface area contributed by atoms with E-state index in [1.165, 1.54) is 12.1 Å². The van der Waals surface area contributed by atoms with Gasteiger partial charge in [0.25, 0.3) is 0 Å². The number of aromatic nitrogens is 2. The molecule has 2 fully saturated rings. The monoisotopic (exact) mass is 650 g/mol. The zero-order valence-corrected chi connectivity index (χ0v) is 24.1. The fourth-order valence-corrected chi connectivity index (χ4v) is 5.55. The van der Waals surface area contributed by atoms with E-state index in [9.17, 15) is 30.7 Å². The Balaban J connectivity index is 1.34. The molecule has 7 nitrogen and oxygen atoms in total. The third-order valence-corrected chi connectivity index (χ3v) is 7.70. The second-order valence-electron chi connectivity index (χ2n) is 10.6. The summed E-state index contributed by atoms with van der Waals surface area (Å²) >= 11 is 6.25. The Morgan fingerprint density at radius 2 is 1.57 bits per heavy atom. The van der Waals surface area contributed by atoms with Gasteiger partial charge in [-0.1, -0.05) is 12.1 Å². The normalized spacial score (nSPS) is 20.7. The van der Waals surface area contributed by atoms with Crippen molar-refractivity contribution in [1.82, 2.24) is 19.8 Å². The van der Waals surface area contributed by atoms with Gasteiger partial charge in [-0.15, -0.1) is 0 Å². The summed E-state index contributed by atoms with van der Waals surface area (Å²) in [6.07, 6.45) is -11.1. The summed E-state index contributed by atoms with van der Waals surface area (Å²) in [5.41, 5.74) is -0.807. The number of rotatable bonds is 9. The van der Waals surface area contributed by atoms with Crippen molar-refractivity contribution in [2.24, 2.45) is 0 Å². The largest absolute Gasteiger partial charge is 0.416 e. The van der Waals surface area contributed by atoms with Crippen LogP contribution < -0.4 is 0 Å². The van der Waals surface area contributed by atoms with Crippen molar-refractivity contribution in [3.8, 4) is 0 Å². The number of H-pyrrole nitrogens is 1. The van der Waals surface area contributed by atoms with Gasteiger partial charge in [0, 0.05) is 32.7 Å². The van der Waals surface area contributed by atoms with Crippen LogP contribution in [0, 0.1) is 5.82 Å². The van der Waals surface area contributed by atoms with Crippen LogP contribution in [-0.4, -0.2) is 72.1 Å². The maximum Gasteiger partial charge on any atom is 0.416 e. The Bertz CT molecular complexity index is 1360. The number of ether oxygens (including phenoxy) is 3. The predicted octanol–water partition coefficient (Wildman–Crippen LogP) is 6.23. The maximum absolute atomic E-state index is 13.8. The van der Waals surface area contributed by atoms with Crippen LogP contribution >= 0.6 is 11.6 Å². The summed E-state index contributed by atoms with van der Waals surface area (Å²) in [4.78, 5) is 11.8. The molecule has 2 aliphatic rings. The number of morpholine rings is 2. The Kier molecular flexibility index (Phi) is 10.2. The van der Waals surface area contributed by atoms with E-state index in [2.05, 4.69) is 14.9 Å². The second kappa shape index (κ2) is 13.7. The minimum atomic E-state index is -4.95. The first-order valence-corrected chi connectivity index (χ1v) is 14.3. The molecule has 0 saturated carbocycles. The Morgan fingerprint density at radius 1 is 0.909 bits per heavy atom. The summed E-state index contributed by atoms with van der Waals surface area (Å²) in [5, 5.41) is 0.224. The van der Waals surface area contributed by atoms with E-state index < -0.39 is 41.6 Å². The summed E-state index contributed by atoms with van der Waals surface area (Å²) in [6.45, 7) is 4.04. The van der Waals surface area contributed by atoms with Gasteiger partial charge in [-0.2, -0.15) is 26.3 Å². The van der Waals surface area contributed by atoms with Crippen molar-refractivity contribution in [2.45, 2.75) is 44.2 Å². The van der Waals surface area contributed by atoms with Crippen LogP contribution in [0.5, 0.6) is 0 Å². The van der Waals surface area contributed by atoms with E-state index in [0.29, 0.717) is 56.2 Å². The van der Waals surface area contributed by atoms with Crippen LogP contribution in [0.1, 0.15) is 39.7 Å². The van der Waals surface area contributed by atoms with E-state index in [0.717, 1.165) is 18.8 Å². The summed E-state index contributed by atoms with van der Waals surface area (Å²) < 4.78 is 111. The molecule has 44 heavy (non-hydrogen) atoms. The predicted molar refractivity (Wildman–Crippen MR) is 145 cm³/mol. The molecule has 1 aromatic heterocycles.